The Balaban J connectivity index is 2.04. The van der Waals surface area contributed by atoms with E-state index in [9.17, 15) is 4.39 Å². The predicted octanol–water partition coefficient (Wildman–Crippen LogP) is 3.57. The molecule has 96 valence electrons. The molecule has 0 bridgehead atoms. The van der Waals surface area contributed by atoms with E-state index < -0.39 is 0 Å². The van der Waals surface area contributed by atoms with E-state index in [1.54, 1.807) is 12.3 Å². The molecule has 0 saturated heterocycles. The standard InChI is InChI=1S/C12H8ClFN4S/c13-9-3-6(14)1-2-7(9)10-5-19-12(17-10)8-4-16-18-11(8)15/h1-5H,(H3,15,16,18). The lowest BCUT2D eigenvalue weighted by molar-refractivity contribution is 0.628. The lowest BCUT2D eigenvalue weighted by atomic mass is 10.2. The molecule has 0 amide bonds. The summed E-state index contributed by atoms with van der Waals surface area (Å²) in [5.41, 5.74) is 7.86. The van der Waals surface area contributed by atoms with Crippen molar-refractivity contribution in [1.82, 2.24) is 15.2 Å². The Hall–Kier alpha value is -1.92. The molecule has 3 rings (SSSR count). The maximum Gasteiger partial charge on any atom is 0.129 e. The number of hydrogen-bond acceptors (Lipinski definition) is 4. The molecule has 0 aliphatic heterocycles. The average Bonchev–Trinajstić information content (AvgIpc) is 2.97. The number of anilines is 1. The van der Waals surface area contributed by atoms with Crippen LogP contribution in [-0.4, -0.2) is 15.2 Å². The van der Waals surface area contributed by atoms with Crippen molar-refractivity contribution < 1.29 is 4.39 Å². The van der Waals surface area contributed by atoms with Crippen LogP contribution in [0.1, 0.15) is 0 Å². The van der Waals surface area contributed by atoms with Gasteiger partial charge >= 0.3 is 0 Å². The zero-order valence-electron chi connectivity index (χ0n) is 9.52. The van der Waals surface area contributed by atoms with Gasteiger partial charge in [-0.15, -0.1) is 11.3 Å². The maximum atomic E-state index is 13.0. The zero-order chi connectivity index (χ0) is 13.4. The Labute approximate surface area is 117 Å². The van der Waals surface area contributed by atoms with Gasteiger partial charge in [0.2, 0.25) is 0 Å². The van der Waals surface area contributed by atoms with E-state index in [1.165, 1.54) is 23.5 Å². The number of nitrogens with zero attached hydrogens (tertiary/aromatic N) is 2. The number of hydrogen-bond donors (Lipinski definition) is 2. The zero-order valence-corrected chi connectivity index (χ0v) is 11.1. The molecule has 2 heterocycles. The summed E-state index contributed by atoms with van der Waals surface area (Å²) in [6, 6.07) is 4.23. The van der Waals surface area contributed by atoms with Crippen molar-refractivity contribution in [2.45, 2.75) is 0 Å². The van der Waals surface area contributed by atoms with Crippen LogP contribution in [0.15, 0.2) is 29.8 Å². The molecule has 7 heteroatoms. The number of nitrogens with two attached hydrogens (primary N) is 1. The number of thiazole rings is 1. The molecule has 2 aromatic heterocycles. The summed E-state index contributed by atoms with van der Waals surface area (Å²) in [6.45, 7) is 0. The second kappa shape index (κ2) is 4.64. The summed E-state index contributed by atoms with van der Waals surface area (Å²) < 4.78 is 13.0. The van der Waals surface area contributed by atoms with Gasteiger partial charge in [0.05, 0.1) is 22.5 Å². The van der Waals surface area contributed by atoms with Gasteiger partial charge in [0, 0.05) is 10.9 Å². The average molecular weight is 295 g/mol. The maximum absolute atomic E-state index is 13.0. The van der Waals surface area contributed by atoms with Crippen LogP contribution in [0.25, 0.3) is 21.8 Å². The minimum absolute atomic E-state index is 0.331. The van der Waals surface area contributed by atoms with Crippen LogP contribution >= 0.6 is 22.9 Å². The van der Waals surface area contributed by atoms with Gasteiger partial charge in [0.25, 0.3) is 0 Å². The highest BCUT2D eigenvalue weighted by molar-refractivity contribution is 7.13. The van der Waals surface area contributed by atoms with Crippen molar-refractivity contribution in [2.24, 2.45) is 0 Å². The Morgan fingerprint density at radius 2 is 2.16 bits per heavy atom. The Morgan fingerprint density at radius 3 is 2.84 bits per heavy atom. The molecule has 3 aromatic rings. The molecule has 0 spiro atoms. The van der Waals surface area contributed by atoms with E-state index in [1.807, 2.05) is 5.38 Å². The Kier molecular flexibility index (Phi) is 2.96. The number of nitrogens with one attached hydrogen (secondary N) is 1. The largest absolute Gasteiger partial charge is 0.383 e. The number of rotatable bonds is 2. The molecule has 0 aliphatic carbocycles. The fraction of sp³-hybridized carbons (Fsp3) is 0. The smallest absolute Gasteiger partial charge is 0.129 e. The van der Waals surface area contributed by atoms with E-state index in [0.717, 1.165) is 10.6 Å². The molecule has 1 aromatic carbocycles. The number of benzene rings is 1. The van der Waals surface area contributed by atoms with Gasteiger partial charge in [-0.3, -0.25) is 5.10 Å². The summed E-state index contributed by atoms with van der Waals surface area (Å²) in [7, 11) is 0. The van der Waals surface area contributed by atoms with Crippen molar-refractivity contribution in [3.63, 3.8) is 0 Å². The van der Waals surface area contributed by atoms with Crippen LogP contribution in [-0.2, 0) is 0 Å². The summed E-state index contributed by atoms with van der Waals surface area (Å²) in [5.74, 6) is 0.0920. The fourth-order valence-corrected chi connectivity index (χ4v) is 2.79. The van der Waals surface area contributed by atoms with Crippen molar-refractivity contribution in [3.8, 4) is 21.8 Å². The monoisotopic (exact) mass is 294 g/mol. The van der Waals surface area contributed by atoms with Gasteiger partial charge in [0.1, 0.15) is 16.6 Å². The summed E-state index contributed by atoms with van der Waals surface area (Å²) in [5, 5.41) is 9.42. The summed E-state index contributed by atoms with van der Waals surface area (Å²) >= 11 is 7.44. The quantitative estimate of drug-likeness (QED) is 0.759. The van der Waals surface area contributed by atoms with Gasteiger partial charge < -0.3 is 5.73 Å². The molecular formula is C12H8ClFN4S. The number of H-pyrrole nitrogens is 1. The highest BCUT2D eigenvalue weighted by Crippen LogP contribution is 2.34. The van der Waals surface area contributed by atoms with E-state index in [4.69, 9.17) is 17.3 Å². The van der Waals surface area contributed by atoms with E-state index in [0.29, 0.717) is 22.1 Å². The number of aromatic amines is 1. The topological polar surface area (TPSA) is 67.6 Å². The van der Waals surface area contributed by atoms with Gasteiger partial charge in [0.15, 0.2) is 0 Å². The number of nitrogen functional groups attached to an aromatic ring is 1. The van der Waals surface area contributed by atoms with Crippen LogP contribution in [0.4, 0.5) is 10.2 Å². The predicted molar refractivity (Wildman–Crippen MR) is 74.5 cm³/mol. The van der Waals surface area contributed by atoms with Crippen molar-refractivity contribution in [1.29, 1.82) is 0 Å². The molecule has 4 nitrogen and oxygen atoms in total. The molecule has 19 heavy (non-hydrogen) atoms. The molecule has 0 radical (unpaired) electrons. The molecule has 0 atom stereocenters. The van der Waals surface area contributed by atoms with Crippen LogP contribution in [0.5, 0.6) is 0 Å². The van der Waals surface area contributed by atoms with Gasteiger partial charge in [-0.2, -0.15) is 5.10 Å². The Morgan fingerprint density at radius 1 is 1.32 bits per heavy atom. The third-order valence-corrected chi connectivity index (χ3v) is 3.80. The third-order valence-electron chi connectivity index (χ3n) is 2.61. The second-order valence-corrected chi connectivity index (χ2v) is 5.12. The highest BCUT2D eigenvalue weighted by Gasteiger charge is 2.12. The number of halogens is 2. The minimum atomic E-state index is -0.372. The van der Waals surface area contributed by atoms with Gasteiger partial charge in [-0.1, -0.05) is 11.6 Å². The number of aromatic nitrogens is 3. The SMILES string of the molecule is Nc1[nH]ncc1-c1nc(-c2ccc(F)cc2Cl)cs1. The summed E-state index contributed by atoms with van der Waals surface area (Å²) in [4.78, 5) is 4.45. The van der Waals surface area contributed by atoms with E-state index in [2.05, 4.69) is 15.2 Å². The van der Waals surface area contributed by atoms with E-state index in [-0.39, 0.29) is 5.82 Å². The summed E-state index contributed by atoms with van der Waals surface area (Å²) in [6.07, 6.45) is 1.62. The van der Waals surface area contributed by atoms with E-state index >= 15 is 0 Å². The van der Waals surface area contributed by atoms with Crippen LogP contribution in [0.3, 0.4) is 0 Å². The van der Waals surface area contributed by atoms with Crippen molar-refractivity contribution in [2.75, 3.05) is 5.73 Å². The lowest BCUT2D eigenvalue weighted by Gasteiger charge is -2.00. The normalized spacial score (nSPS) is 10.8. The lowest BCUT2D eigenvalue weighted by Crippen LogP contribution is -1.87. The highest BCUT2D eigenvalue weighted by atomic mass is 35.5. The molecule has 0 unspecified atom stereocenters. The molecule has 0 saturated carbocycles. The molecule has 3 N–H and O–H groups in total. The van der Waals surface area contributed by atoms with Crippen molar-refractivity contribution in [3.05, 3.63) is 40.6 Å². The molecule has 0 fully saturated rings. The Bertz CT molecular complexity index is 737. The first-order valence-corrected chi connectivity index (χ1v) is 6.61. The van der Waals surface area contributed by atoms with Gasteiger partial charge in [-0.05, 0) is 18.2 Å². The van der Waals surface area contributed by atoms with Crippen LogP contribution < -0.4 is 5.73 Å². The first-order valence-electron chi connectivity index (χ1n) is 5.35. The van der Waals surface area contributed by atoms with Gasteiger partial charge in [-0.25, -0.2) is 9.37 Å². The van der Waals surface area contributed by atoms with Crippen LogP contribution in [0, 0.1) is 5.82 Å². The third kappa shape index (κ3) is 2.20. The molecule has 0 aliphatic rings. The molecular weight excluding hydrogens is 287 g/mol. The first-order chi connectivity index (χ1) is 9.15. The van der Waals surface area contributed by atoms with Crippen LogP contribution in [0.2, 0.25) is 5.02 Å². The second-order valence-electron chi connectivity index (χ2n) is 3.86. The first kappa shape index (κ1) is 12.1. The minimum Gasteiger partial charge on any atom is -0.383 e. The fourth-order valence-electron chi connectivity index (χ4n) is 1.68. The van der Waals surface area contributed by atoms with Crippen molar-refractivity contribution >= 4 is 28.8 Å².